The average Bonchev–Trinajstić information content (AvgIpc) is 3.60. The highest BCUT2D eigenvalue weighted by molar-refractivity contribution is 7.85. The number of fused-ring (bicyclic) bond motifs is 5. The van der Waals surface area contributed by atoms with Crippen LogP contribution in [0.25, 0.3) is 98.9 Å². The Morgan fingerprint density at radius 1 is 0.313 bits per heavy atom. The van der Waals surface area contributed by atoms with Crippen molar-refractivity contribution in [2.75, 3.05) is 0 Å². The van der Waals surface area contributed by atoms with E-state index in [2.05, 4.69) is 189 Å². The Balaban J connectivity index is 0.925. The van der Waals surface area contributed by atoms with E-state index in [1.165, 1.54) is 21.5 Å². The van der Waals surface area contributed by atoms with Gasteiger partial charge in [-0.3, -0.25) is 0 Å². The lowest BCUT2D eigenvalue weighted by Crippen LogP contribution is -2.25. The van der Waals surface area contributed by atoms with Gasteiger partial charge >= 0.3 is 0 Å². The lowest BCUT2D eigenvalue weighted by atomic mass is 9.83. The first-order valence-electron chi connectivity index (χ1n) is 28.2. The van der Waals surface area contributed by atoms with E-state index < -0.39 is 14.3 Å². The third-order valence-electron chi connectivity index (χ3n) is 16.7. The molecule has 83 heavy (non-hydrogen) atoms. The van der Waals surface area contributed by atoms with Gasteiger partial charge in [-0.2, -0.15) is 0 Å². The zero-order chi connectivity index (χ0) is 56.1. The van der Waals surface area contributed by atoms with Crippen LogP contribution in [0.3, 0.4) is 0 Å². The molecule has 394 valence electrons. The first kappa shape index (κ1) is 51.5. The zero-order valence-electron chi connectivity index (χ0n) is 45.9. The first-order chi connectivity index (χ1) is 40.7. The lowest BCUT2D eigenvalue weighted by molar-refractivity contribution is 0.591. The van der Waals surface area contributed by atoms with Crippen LogP contribution in [0, 0.1) is 6.92 Å². The van der Waals surface area contributed by atoms with E-state index in [1.54, 1.807) is 0 Å². The fourth-order valence-electron chi connectivity index (χ4n) is 12.3. The molecule has 4 heteroatoms. The average molecular weight is 1100 g/mol. The maximum absolute atomic E-state index is 15.5. The van der Waals surface area contributed by atoms with Gasteiger partial charge in [0.25, 0.3) is 0 Å². The summed E-state index contributed by atoms with van der Waals surface area (Å²) in [5.74, 6) is 0. The minimum Gasteiger partial charge on any atom is -0.309 e. The molecule has 2 nitrogen and oxygen atoms in total. The molecular formula is C79H56O2P2. The molecule has 0 N–H and O–H groups in total. The second-order valence-corrected chi connectivity index (χ2v) is 27.1. The molecule has 0 fully saturated rings. The summed E-state index contributed by atoms with van der Waals surface area (Å²) >= 11 is 0. The minimum absolute atomic E-state index is 0.790. The Morgan fingerprint density at radius 2 is 0.687 bits per heavy atom. The van der Waals surface area contributed by atoms with Gasteiger partial charge in [0.1, 0.15) is 0 Å². The first-order valence-corrected chi connectivity index (χ1v) is 31.6. The molecule has 0 aliphatic carbocycles. The molecular weight excluding hydrogens is 1040 g/mol. The van der Waals surface area contributed by atoms with Crippen LogP contribution in [-0.4, -0.2) is 0 Å². The van der Waals surface area contributed by atoms with E-state index in [9.17, 15) is 0 Å². The van der Waals surface area contributed by atoms with E-state index in [0.29, 0.717) is 0 Å². The number of hydrogen-bond donors (Lipinski definition) is 0. The van der Waals surface area contributed by atoms with Crippen LogP contribution in [0.2, 0.25) is 0 Å². The van der Waals surface area contributed by atoms with Crippen molar-refractivity contribution in [1.82, 2.24) is 0 Å². The maximum Gasteiger partial charge on any atom is 0.171 e. The molecule has 0 saturated carbocycles. The summed E-state index contributed by atoms with van der Waals surface area (Å²) in [5, 5.41) is 16.3. The fraction of sp³-hybridized carbons (Fsp3) is 0.0127. The quantitative estimate of drug-likeness (QED) is 0.0694. The Kier molecular flexibility index (Phi) is 13.2. The SMILES string of the molecule is C=C(/C=C\c1cc(P(=O)(c2ccccc2)c2ccccc2)ccc1C)c1ccc2c(-c3ccc4ccccc4c3)c3cc(-c4ccc5cc(P(=O)(c6ccccc6)c6ccccc6)ccc5c4)ccc3c(-c3ccc4ccccc4c3)c2c1. The molecule has 0 saturated heterocycles. The van der Waals surface area contributed by atoms with E-state index >= 15 is 9.13 Å². The van der Waals surface area contributed by atoms with E-state index in [-0.39, 0.29) is 0 Å². The van der Waals surface area contributed by atoms with Crippen molar-refractivity contribution in [2.45, 2.75) is 6.92 Å². The molecule has 0 amide bonds. The maximum atomic E-state index is 15.5. The van der Waals surface area contributed by atoms with Crippen LogP contribution in [-0.2, 0) is 9.13 Å². The molecule has 0 heterocycles. The van der Waals surface area contributed by atoms with Crippen molar-refractivity contribution in [2.24, 2.45) is 0 Å². The molecule has 0 radical (unpaired) electrons. The number of benzene rings is 14. The van der Waals surface area contributed by atoms with Gasteiger partial charge in [-0.05, 0) is 159 Å². The van der Waals surface area contributed by atoms with Crippen molar-refractivity contribution in [3.05, 3.63) is 327 Å². The minimum atomic E-state index is -3.19. The largest absolute Gasteiger partial charge is 0.309 e. The van der Waals surface area contributed by atoms with Gasteiger partial charge in [0.05, 0.1) is 0 Å². The summed E-state index contributed by atoms with van der Waals surface area (Å²) in [6, 6.07) is 103. The second-order valence-electron chi connectivity index (χ2n) is 21.6. The van der Waals surface area contributed by atoms with Crippen LogP contribution in [0.4, 0.5) is 0 Å². The summed E-state index contributed by atoms with van der Waals surface area (Å²) in [6.07, 6.45) is 4.23. The molecule has 0 atom stereocenters. The molecule has 14 aromatic rings. The molecule has 0 bridgehead atoms. The summed E-state index contributed by atoms with van der Waals surface area (Å²) in [5.41, 5.74) is 10.7. The summed E-state index contributed by atoms with van der Waals surface area (Å²) < 4.78 is 30.9. The Hall–Kier alpha value is -9.68. The fourth-order valence-corrected chi connectivity index (χ4v) is 17.6. The van der Waals surface area contributed by atoms with Crippen molar-refractivity contribution < 1.29 is 9.13 Å². The highest BCUT2D eigenvalue weighted by Gasteiger charge is 2.31. The highest BCUT2D eigenvalue weighted by atomic mass is 31.2. The number of allylic oxidation sites excluding steroid dienone is 2. The van der Waals surface area contributed by atoms with Crippen molar-refractivity contribution in [3.63, 3.8) is 0 Å². The van der Waals surface area contributed by atoms with Gasteiger partial charge in [0, 0.05) is 31.8 Å². The molecule has 14 aromatic carbocycles. The van der Waals surface area contributed by atoms with Crippen LogP contribution in [0.1, 0.15) is 16.7 Å². The van der Waals surface area contributed by atoms with Crippen molar-refractivity contribution in [3.8, 4) is 33.4 Å². The zero-order valence-corrected chi connectivity index (χ0v) is 47.7. The third-order valence-corrected chi connectivity index (χ3v) is 22.8. The molecule has 0 aliphatic heterocycles. The lowest BCUT2D eigenvalue weighted by Gasteiger charge is -2.21. The van der Waals surface area contributed by atoms with E-state index in [1.807, 2.05) is 127 Å². The standard InChI is InChI=1S/C79H56O2P2/c1-54(31-33-58-50-72(43-32-55(58)2)82(80,68-23-7-3-8-24-68)69-25-9-4-10-26-69)59-41-45-74-76(52-59)78(66-38-34-56-19-15-17-21-60(56)48-66)75-46-42-65(53-77(75)79(74)67-39-35-57-20-16-18-22-61(57)49-67)62-36-37-64-51-73(44-40-63(64)47-62)83(81,70-27-11-5-12-28-70)71-29-13-6-14-30-71/h3-53H,1H2,2H3/b33-31-. The summed E-state index contributed by atoms with van der Waals surface area (Å²) in [4.78, 5) is 0. The predicted octanol–water partition coefficient (Wildman–Crippen LogP) is 18.8. The van der Waals surface area contributed by atoms with E-state index in [0.717, 1.165) is 120 Å². The van der Waals surface area contributed by atoms with E-state index in [4.69, 9.17) is 6.58 Å². The van der Waals surface area contributed by atoms with Gasteiger partial charge in [-0.1, -0.05) is 274 Å². The van der Waals surface area contributed by atoms with Gasteiger partial charge in [-0.25, -0.2) is 0 Å². The van der Waals surface area contributed by atoms with Gasteiger partial charge < -0.3 is 9.13 Å². The number of hydrogen-bond acceptors (Lipinski definition) is 2. The van der Waals surface area contributed by atoms with Gasteiger partial charge in [0.2, 0.25) is 0 Å². The topological polar surface area (TPSA) is 34.1 Å². The second kappa shape index (κ2) is 21.3. The highest BCUT2D eigenvalue weighted by Crippen LogP contribution is 2.48. The summed E-state index contributed by atoms with van der Waals surface area (Å²) in [7, 11) is -6.35. The van der Waals surface area contributed by atoms with Crippen LogP contribution < -0.4 is 31.8 Å². The normalized spacial score (nSPS) is 12.0. The summed E-state index contributed by atoms with van der Waals surface area (Å²) in [6.45, 7) is 6.82. The monoisotopic (exact) mass is 1100 g/mol. The van der Waals surface area contributed by atoms with Crippen molar-refractivity contribution in [1.29, 1.82) is 0 Å². The van der Waals surface area contributed by atoms with Gasteiger partial charge in [-0.15, -0.1) is 0 Å². The molecule has 0 unspecified atom stereocenters. The molecule has 14 rings (SSSR count). The predicted molar refractivity (Wildman–Crippen MR) is 358 cm³/mol. The van der Waals surface area contributed by atoms with Gasteiger partial charge in [0.15, 0.2) is 14.3 Å². The van der Waals surface area contributed by atoms with Crippen LogP contribution >= 0.6 is 14.3 Å². The number of rotatable bonds is 12. The molecule has 0 spiro atoms. The van der Waals surface area contributed by atoms with Crippen LogP contribution in [0.5, 0.6) is 0 Å². The smallest absolute Gasteiger partial charge is 0.171 e. The van der Waals surface area contributed by atoms with Crippen LogP contribution in [0.15, 0.2) is 310 Å². The Bertz CT molecular complexity index is 4900. The Labute approximate surface area is 484 Å². The number of aryl methyl sites for hydroxylation is 1. The third kappa shape index (κ3) is 9.28. The Morgan fingerprint density at radius 3 is 1.23 bits per heavy atom. The van der Waals surface area contributed by atoms with Crippen molar-refractivity contribution >= 4 is 112 Å². The molecule has 0 aliphatic rings. The molecule has 0 aromatic heterocycles.